The predicted octanol–water partition coefficient (Wildman–Crippen LogP) is 2.09. The second-order valence-corrected chi connectivity index (χ2v) is 6.20. The molecule has 1 aliphatic rings. The normalized spacial score (nSPS) is 18.6. The van der Waals surface area contributed by atoms with Crippen molar-refractivity contribution >= 4 is 11.8 Å². The highest BCUT2D eigenvalue weighted by Gasteiger charge is 2.29. The fourth-order valence-electron chi connectivity index (χ4n) is 3.13. The molecule has 2 N–H and O–H groups in total. The number of rotatable bonds is 5. The van der Waals surface area contributed by atoms with E-state index < -0.39 is 6.10 Å². The van der Waals surface area contributed by atoms with E-state index in [0.717, 1.165) is 25.1 Å². The summed E-state index contributed by atoms with van der Waals surface area (Å²) in [6, 6.07) is 7.45. The minimum Gasteiger partial charge on any atom is -0.393 e. The Morgan fingerprint density at radius 3 is 3.04 bits per heavy atom. The smallest absolute Gasteiger partial charge is 0.323 e. The molecule has 0 radical (unpaired) electrons. The van der Waals surface area contributed by atoms with Crippen molar-refractivity contribution in [2.75, 3.05) is 11.9 Å². The number of nitrogens with zero attached hydrogens (tertiary/aromatic N) is 4. The molecule has 1 fully saturated rings. The summed E-state index contributed by atoms with van der Waals surface area (Å²) in [6.07, 6.45) is 5.51. The van der Waals surface area contributed by atoms with E-state index in [1.165, 1.54) is 0 Å². The first-order valence-corrected chi connectivity index (χ1v) is 8.31. The van der Waals surface area contributed by atoms with E-state index >= 15 is 0 Å². The van der Waals surface area contributed by atoms with Crippen molar-refractivity contribution in [3.63, 3.8) is 0 Å². The fourth-order valence-corrected chi connectivity index (χ4v) is 3.13. The number of nitrogens with one attached hydrogen (secondary N) is 1. The van der Waals surface area contributed by atoms with E-state index in [-0.39, 0.29) is 12.1 Å². The predicted molar refractivity (Wildman–Crippen MR) is 90.6 cm³/mol. The highest BCUT2D eigenvalue weighted by molar-refractivity contribution is 5.88. The maximum atomic E-state index is 12.6. The molecule has 2 atom stereocenters. The zero-order chi connectivity index (χ0) is 16.9. The first-order valence-electron chi connectivity index (χ1n) is 8.31. The molecule has 24 heavy (non-hydrogen) atoms. The van der Waals surface area contributed by atoms with Gasteiger partial charge in [-0.1, -0.05) is 6.07 Å². The SMILES string of the molecule is CC(O)CC1CCCN1C(=O)Nc1ccnn1Cc1ccccn1. The van der Waals surface area contributed by atoms with Gasteiger partial charge in [0.2, 0.25) is 0 Å². The van der Waals surface area contributed by atoms with Crippen LogP contribution in [-0.2, 0) is 6.54 Å². The zero-order valence-corrected chi connectivity index (χ0v) is 13.8. The Bertz CT molecular complexity index is 671. The van der Waals surface area contributed by atoms with E-state index in [2.05, 4.69) is 15.4 Å². The second kappa shape index (κ2) is 7.44. The van der Waals surface area contributed by atoms with Crippen LogP contribution in [0.1, 0.15) is 31.9 Å². The van der Waals surface area contributed by atoms with Gasteiger partial charge in [0.15, 0.2) is 0 Å². The number of amides is 2. The zero-order valence-electron chi connectivity index (χ0n) is 13.8. The van der Waals surface area contributed by atoms with Crippen LogP contribution in [0.15, 0.2) is 36.7 Å². The Kier molecular flexibility index (Phi) is 5.10. The molecule has 0 saturated carbocycles. The second-order valence-electron chi connectivity index (χ2n) is 6.20. The summed E-state index contributed by atoms with van der Waals surface area (Å²) in [5.41, 5.74) is 0.879. The summed E-state index contributed by atoms with van der Waals surface area (Å²) in [5, 5.41) is 16.8. The lowest BCUT2D eigenvalue weighted by molar-refractivity contribution is 0.142. The molecule has 128 valence electrons. The van der Waals surface area contributed by atoms with E-state index in [1.54, 1.807) is 30.1 Å². The topological polar surface area (TPSA) is 83.3 Å². The highest BCUT2D eigenvalue weighted by atomic mass is 16.3. The van der Waals surface area contributed by atoms with Crippen molar-refractivity contribution in [1.29, 1.82) is 0 Å². The molecule has 3 heterocycles. The van der Waals surface area contributed by atoms with Crippen molar-refractivity contribution in [2.45, 2.75) is 44.9 Å². The number of carbonyl (C=O) groups excluding carboxylic acids is 1. The van der Waals surface area contributed by atoms with Gasteiger partial charge in [-0.2, -0.15) is 5.10 Å². The van der Waals surface area contributed by atoms with Crippen molar-refractivity contribution < 1.29 is 9.90 Å². The van der Waals surface area contributed by atoms with Crippen molar-refractivity contribution in [3.8, 4) is 0 Å². The summed E-state index contributed by atoms with van der Waals surface area (Å²) in [6.45, 7) is 2.98. The monoisotopic (exact) mass is 329 g/mol. The lowest BCUT2D eigenvalue weighted by Crippen LogP contribution is -2.40. The molecule has 2 aromatic heterocycles. The maximum absolute atomic E-state index is 12.6. The molecule has 2 unspecified atom stereocenters. The first-order chi connectivity index (χ1) is 11.6. The Morgan fingerprint density at radius 1 is 1.42 bits per heavy atom. The Labute approximate surface area is 141 Å². The molecule has 0 spiro atoms. The third-order valence-electron chi connectivity index (χ3n) is 4.24. The van der Waals surface area contributed by atoms with Crippen LogP contribution >= 0.6 is 0 Å². The van der Waals surface area contributed by atoms with Gasteiger partial charge in [0.25, 0.3) is 0 Å². The molecule has 7 nitrogen and oxygen atoms in total. The van der Waals surface area contributed by atoms with Crippen LogP contribution in [-0.4, -0.2) is 49.5 Å². The summed E-state index contributed by atoms with van der Waals surface area (Å²) >= 11 is 0. The van der Waals surface area contributed by atoms with Crippen LogP contribution in [0.5, 0.6) is 0 Å². The maximum Gasteiger partial charge on any atom is 0.323 e. The van der Waals surface area contributed by atoms with Crippen LogP contribution in [0.4, 0.5) is 10.6 Å². The van der Waals surface area contributed by atoms with Gasteiger partial charge in [0.1, 0.15) is 5.82 Å². The molecule has 0 aliphatic carbocycles. The molecular weight excluding hydrogens is 306 g/mol. The van der Waals surface area contributed by atoms with E-state index in [9.17, 15) is 9.90 Å². The number of likely N-dealkylation sites (tertiary alicyclic amines) is 1. The number of carbonyl (C=O) groups is 1. The van der Waals surface area contributed by atoms with Crippen LogP contribution < -0.4 is 5.32 Å². The largest absolute Gasteiger partial charge is 0.393 e. The van der Waals surface area contributed by atoms with Gasteiger partial charge in [-0.3, -0.25) is 10.3 Å². The number of aliphatic hydroxyl groups is 1. The van der Waals surface area contributed by atoms with Crippen molar-refractivity contribution in [1.82, 2.24) is 19.7 Å². The van der Waals surface area contributed by atoms with Gasteiger partial charge in [0.05, 0.1) is 24.5 Å². The van der Waals surface area contributed by atoms with Gasteiger partial charge in [0, 0.05) is 24.8 Å². The quantitative estimate of drug-likeness (QED) is 0.880. The summed E-state index contributed by atoms with van der Waals surface area (Å²) in [4.78, 5) is 18.7. The Balaban J connectivity index is 1.66. The Hall–Kier alpha value is -2.41. The van der Waals surface area contributed by atoms with Gasteiger partial charge in [-0.05, 0) is 38.3 Å². The molecule has 2 aromatic rings. The third-order valence-corrected chi connectivity index (χ3v) is 4.24. The molecule has 2 amide bonds. The number of pyridine rings is 1. The number of anilines is 1. The Morgan fingerprint density at radius 2 is 2.29 bits per heavy atom. The van der Waals surface area contributed by atoms with E-state index in [0.29, 0.717) is 18.8 Å². The van der Waals surface area contributed by atoms with E-state index in [4.69, 9.17) is 0 Å². The van der Waals surface area contributed by atoms with Crippen LogP contribution in [0.25, 0.3) is 0 Å². The van der Waals surface area contributed by atoms with Gasteiger partial charge in [-0.25, -0.2) is 9.48 Å². The lowest BCUT2D eigenvalue weighted by Gasteiger charge is -2.26. The van der Waals surface area contributed by atoms with Crippen molar-refractivity contribution in [2.24, 2.45) is 0 Å². The number of hydrogen-bond donors (Lipinski definition) is 2. The molecular formula is C17H23N5O2. The molecule has 7 heteroatoms. The number of aromatic nitrogens is 3. The molecule has 0 aromatic carbocycles. The standard InChI is InChI=1S/C17H23N5O2/c1-13(23)11-15-6-4-10-21(15)17(24)20-16-7-9-19-22(16)12-14-5-2-3-8-18-14/h2-3,5,7-9,13,15,23H,4,6,10-12H2,1H3,(H,20,24). The van der Waals surface area contributed by atoms with Gasteiger partial charge in [-0.15, -0.1) is 0 Å². The van der Waals surface area contributed by atoms with Crippen LogP contribution in [0.3, 0.4) is 0 Å². The van der Waals surface area contributed by atoms with E-state index in [1.807, 2.05) is 23.1 Å². The van der Waals surface area contributed by atoms with Crippen molar-refractivity contribution in [3.05, 3.63) is 42.4 Å². The highest BCUT2D eigenvalue weighted by Crippen LogP contribution is 2.22. The number of hydrogen-bond acceptors (Lipinski definition) is 4. The van der Waals surface area contributed by atoms with Crippen LogP contribution in [0.2, 0.25) is 0 Å². The van der Waals surface area contributed by atoms with Gasteiger partial charge >= 0.3 is 6.03 Å². The average Bonchev–Trinajstić information content (AvgIpc) is 3.18. The fraction of sp³-hybridized carbons (Fsp3) is 0.471. The molecule has 0 bridgehead atoms. The van der Waals surface area contributed by atoms with Crippen LogP contribution in [0, 0.1) is 0 Å². The van der Waals surface area contributed by atoms with Gasteiger partial charge < -0.3 is 10.0 Å². The minimum atomic E-state index is -0.405. The number of aliphatic hydroxyl groups excluding tert-OH is 1. The minimum absolute atomic E-state index is 0.0946. The molecule has 3 rings (SSSR count). The molecule has 1 aliphatic heterocycles. The third kappa shape index (κ3) is 3.91. The number of urea groups is 1. The average molecular weight is 329 g/mol. The summed E-state index contributed by atoms with van der Waals surface area (Å²) in [5.74, 6) is 0.647. The summed E-state index contributed by atoms with van der Waals surface area (Å²) < 4.78 is 1.72. The molecule has 1 saturated heterocycles. The first kappa shape index (κ1) is 16.4. The lowest BCUT2D eigenvalue weighted by atomic mass is 10.1. The summed E-state index contributed by atoms with van der Waals surface area (Å²) in [7, 11) is 0.